The molecule has 4 N–H and O–H groups in total. The van der Waals surface area contributed by atoms with E-state index in [4.69, 9.17) is 11.2 Å². The molecule has 2 amide bonds. The van der Waals surface area contributed by atoms with Gasteiger partial charge in [-0.15, -0.1) is 0 Å². The van der Waals surface area contributed by atoms with Crippen LogP contribution in [0.25, 0.3) is 0 Å². The van der Waals surface area contributed by atoms with Crippen LogP contribution in [0, 0.1) is 0 Å². The molecular formula is C2H4ClN2O2P. The lowest BCUT2D eigenvalue weighted by molar-refractivity contribution is 0.263. The summed E-state index contributed by atoms with van der Waals surface area (Å²) in [5.74, 6) is 0. The third-order valence-electron chi connectivity index (χ3n) is 0.387. The molecule has 6 heteroatoms. The summed E-state index contributed by atoms with van der Waals surface area (Å²) in [6, 6.07) is 0. The first-order valence-electron chi connectivity index (χ1n) is 1.60. The summed E-state index contributed by atoms with van der Waals surface area (Å²) in [5, 5.41) is 0. The van der Waals surface area contributed by atoms with E-state index in [1.807, 2.05) is 0 Å². The molecule has 8 heavy (non-hydrogen) atoms. The second-order valence-electron chi connectivity index (χ2n) is 0.957. The van der Waals surface area contributed by atoms with Crippen molar-refractivity contribution in [1.29, 1.82) is 0 Å². The summed E-state index contributed by atoms with van der Waals surface area (Å²) < 4.78 is 0. The smallest absolute Gasteiger partial charge is 0.263 e. The number of carbonyl (C=O) groups excluding carboxylic acids is 2. The van der Waals surface area contributed by atoms with Gasteiger partial charge in [-0.05, 0) is 0 Å². The summed E-state index contributed by atoms with van der Waals surface area (Å²) in [4.78, 5) is 19.9. The van der Waals surface area contributed by atoms with Crippen LogP contribution in [-0.2, 0) is 0 Å². The molecule has 0 aliphatic heterocycles. The Kier molecular flexibility index (Phi) is 2.72. The Bertz CT molecular complexity index is 113. The van der Waals surface area contributed by atoms with Gasteiger partial charge in [0.15, 0.2) is 7.27 Å². The Hall–Kier alpha value is -0.340. The van der Waals surface area contributed by atoms with E-state index in [0.29, 0.717) is 0 Å². The fraction of sp³-hybridized carbons (Fsp3) is 0. The van der Waals surface area contributed by atoms with Gasteiger partial charge in [0.05, 0.1) is 0 Å². The van der Waals surface area contributed by atoms with Gasteiger partial charge in [0.1, 0.15) is 0 Å². The second-order valence-corrected chi connectivity index (χ2v) is 3.41. The first kappa shape index (κ1) is 7.66. The van der Waals surface area contributed by atoms with E-state index in [2.05, 4.69) is 11.5 Å². The van der Waals surface area contributed by atoms with Crippen molar-refractivity contribution >= 4 is 29.8 Å². The molecule has 0 saturated carbocycles. The van der Waals surface area contributed by atoms with Crippen LogP contribution in [0.4, 0.5) is 9.59 Å². The zero-order chi connectivity index (χ0) is 6.73. The van der Waals surface area contributed by atoms with Gasteiger partial charge in [-0.3, -0.25) is 9.59 Å². The van der Waals surface area contributed by atoms with Crippen LogP contribution in [-0.4, -0.2) is 11.3 Å². The van der Waals surface area contributed by atoms with Crippen molar-refractivity contribution < 1.29 is 9.59 Å². The topological polar surface area (TPSA) is 86.2 Å². The minimum absolute atomic E-state index is 0.853. The highest BCUT2D eigenvalue weighted by atomic mass is 35.7. The van der Waals surface area contributed by atoms with Crippen LogP contribution in [0.5, 0.6) is 0 Å². The average molecular weight is 154 g/mol. The van der Waals surface area contributed by atoms with Crippen LogP contribution in [0.3, 0.4) is 0 Å². The summed E-state index contributed by atoms with van der Waals surface area (Å²) in [6.07, 6.45) is 0. The first-order valence-corrected chi connectivity index (χ1v) is 3.85. The molecule has 0 saturated heterocycles. The van der Waals surface area contributed by atoms with Crippen molar-refractivity contribution in [2.24, 2.45) is 11.5 Å². The number of rotatable bonds is 2. The number of nitrogens with two attached hydrogens (primary N) is 2. The molecule has 46 valence electrons. The zero-order valence-electron chi connectivity index (χ0n) is 3.80. The lowest BCUT2D eigenvalue weighted by Gasteiger charge is -1.94. The molecule has 0 bridgehead atoms. The van der Waals surface area contributed by atoms with Crippen LogP contribution >= 0.6 is 18.5 Å². The van der Waals surface area contributed by atoms with Gasteiger partial charge in [-0.25, -0.2) is 0 Å². The van der Waals surface area contributed by atoms with Crippen LogP contribution < -0.4 is 11.5 Å². The summed E-state index contributed by atoms with van der Waals surface area (Å²) in [5.41, 5.74) is 7.48. The number of primary amides is 2. The molecule has 0 atom stereocenters. The van der Waals surface area contributed by atoms with E-state index in [9.17, 15) is 9.59 Å². The van der Waals surface area contributed by atoms with Crippen molar-refractivity contribution in [3.63, 3.8) is 0 Å². The number of carbonyl (C=O) groups is 2. The standard InChI is InChI=1S/C2H4ClN2O2P/c3-8(1(4)6)2(5)7/h(H2,4,6)(H2,5,7). The summed E-state index contributed by atoms with van der Waals surface area (Å²) >= 11 is 5.07. The highest BCUT2D eigenvalue weighted by Gasteiger charge is 2.17. The number of halogens is 1. The van der Waals surface area contributed by atoms with Gasteiger partial charge in [0, 0.05) is 0 Å². The SMILES string of the molecule is NC(=O)P(Cl)C(N)=O. The second kappa shape index (κ2) is 2.84. The third-order valence-corrected chi connectivity index (χ3v) is 2.16. The first-order chi connectivity index (χ1) is 3.55. The summed E-state index contributed by atoms with van der Waals surface area (Å²) in [6.45, 7) is 0. The highest BCUT2D eigenvalue weighted by molar-refractivity contribution is 8.08. The Morgan fingerprint density at radius 1 is 1.25 bits per heavy atom. The molecule has 0 unspecified atom stereocenters. The third kappa shape index (κ3) is 2.09. The van der Waals surface area contributed by atoms with E-state index in [1.54, 1.807) is 0 Å². The average Bonchev–Trinajstić information content (AvgIpc) is 1.64. The minimum Gasteiger partial charge on any atom is -0.365 e. The number of amides is 2. The van der Waals surface area contributed by atoms with Gasteiger partial charge in [0.2, 0.25) is 0 Å². The van der Waals surface area contributed by atoms with E-state index in [1.165, 1.54) is 0 Å². The van der Waals surface area contributed by atoms with E-state index < -0.39 is 18.6 Å². The van der Waals surface area contributed by atoms with Crippen molar-refractivity contribution in [1.82, 2.24) is 0 Å². The maximum atomic E-state index is 9.96. The van der Waals surface area contributed by atoms with Crippen LogP contribution in [0.1, 0.15) is 0 Å². The van der Waals surface area contributed by atoms with Gasteiger partial charge < -0.3 is 11.5 Å². The molecule has 0 fully saturated rings. The van der Waals surface area contributed by atoms with Crippen molar-refractivity contribution in [3.8, 4) is 0 Å². The Labute approximate surface area is 51.7 Å². The van der Waals surface area contributed by atoms with Gasteiger partial charge in [-0.2, -0.15) is 0 Å². The fourth-order valence-electron chi connectivity index (χ4n) is 0.109. The Balaban J connectivity index is 3.83. The molecular weight excluding hydrogens is 150 g/mol. The molecule has 4 nitrogen and oxygen atoms in total. The molecule has 0 aliphatic rings. The molecule has 0 aromatic heterocycles. The zero-order valence-corrected chi connectivity index (χ0v) is 5.45. The minimum atomic E-state index is -1.95. The highest BCUT2D eigenvalue weighted by Crippen LogP contribution is 2.40. The predicted octanol–water partition coefficient (Wildman–Crippen LogP) is 0.780. The van der Waals surface area contributed by atoms with Crippen LogP contribution in [0.2, 0.25) is 0 Å². The molecule has 0 aromatic rings. The largest absolute Gasteiger partial charge is 0.365 e. The quantitative estimate of drug-likeness (QED) is 0.576. The molecule has 0 aliphatic carbocycles. The van der Waals surface area contributed by atoms with Gasteiger partial charge >= 0.3 is 0 Å². The molecule has 0 spiro atoms. The maximum Gasteiger partial charge on any atom is 0.263 e. The fourth-order valence-corrected chi connectivity index (χ4v) is 0.326. The molecule has 0 rings (SSSR count). The monoisotopic (exact) mass is 154 g/mol. The lowest BCUT2D eigenvalue weighted by Crippen LogP contribution is -2.13. The number of hydrogen-bond donors (Lipinski definition) is 2. The predicted molar refractivity (Wildman–Crippen MR) is 31.9 cm³/mol. The van der Waals surface area contributed by atoms with E-state index in [-0.39, 0.29) is 0 Å². The number of hydrogen-bond acceptors (Lipinski definition) is 2. The molecule has 0 heterocycles. The van der Waals surface area contributed by atoms with E-state index >= 15 is 0 Å². The Morgan fingerprint density at radius 3 is 1.50 bits per heavy atom. The van der Waals surface area contributed by atoms with Gasteiger partial charge in [0.25, 0.3) is 11.3 Å². The van der Waals surface area contributed by atoms with Crippen molar-refractivity contribution in [3.05, 3.63) is 0 Å². The molecule has 0 radical (unpaired) electrons. The Morgan fingerprint density at radius 2 is 1.50 bits per heavy atom. The molecule has 0 aromatic carbocycles. The normalized spacial score (nSPS) is 9.25. The summed E-state index contributed by atoms with van der Waals surface area (Å²) in [7, 11) is -1.95. The van der Waals surface area contributed by atoms with Crippen LogP contribution in [0.15, 0.2) is 0 Å². The van der Waals surface area contributed by atoms with Crippen molar-refractivity contribution in [2.45, 2.75) is 0 Å². The van der Waals surface area contributed by atoms with Crippen molar-refractivity contribution in [2.75, 3.05) is 0 Å². The lowest BCUT2D eigenvalue weighted by atomic mass is 11.4. The van der Waals surface area contributed by atoms with E-state index in [0.717, 1.165) is 0 Å². The maximum absolute atomic E-state index is 9.96. The van der Waals surface area contributed by atoms with Gasteiger partial charge in [-0.1, -0.05) is 11.2 Å².